The van der Waals surface area contributed by atoms with Gasteiger partial charge in [-0.25, -0.2) is 9.59 Å². The molecule has 1 amide bonds. The number of carbonyl (C=O) groups excluding carboxylic acids is 1. The summed E-state index contributed by atoms with van der Waals surface area (Å²) in [6.45, 7) is 6.07. The molecule has 1 fully saturated rings. The highest BCUT2D eigenvalue weighted by Gasteiger charge is 2.39. The summed E-state index contributed by atoms with van der Waals surface area (Å²) >= 11 is 0. The molecular weight excluding hydrogens is 556 g/mol. The summed E-state index contributed by atoms with van der Waals surface area (Å²) < 4.78 is 67.2. The predicted octanol–water partition coefficient (Wildman–Crippen LogP) is 1.37. The lowest BCUT2D eigenvalue weighted by Crippen LogP contribution is -2.47. The molecule has 2 aliphatic heterocycles. The Hall–Kier alpha value is -3.67. The molecule has 4 rings (SSSR count). The smallest absolute Gasteiger partial charge is 0.475 e. The lowest BCUT2D eigenvalue weighted by molar-refractivity contribution is -0.193. The monoisotopic (exact) mass is 585 g/mol. The van der Waals surface area contributed by atoms with Crippen LogP contribution in [0.1, 0.15) is 27.3 Å². The van der Waals surface area contributed by atoms with Gasteiger partial charge in [0.15, 0.2) is 5.69 Å². The van der Waals surface area contributed by atoms with Crippen molar-refractivity contribution in [3.05, 3.63) is 34.9 Å². The van der Waals surface area contributed by atoms with Crippen LogP contribution in [-0.4, -0.2) is 114 Å². The normalized spacial score (nSPS) is 16.3. The van der Waals surface area contributed by atoms with Crippen molar-refractivity contribution < 1.29 is 50.9 Å². The van der Waals surface area contributed by atoms with E-state index in [1.54, 1.807) is 0 Å². The molecule has 0 atom stereocenters. The van der Waals surface area contributed by atoms with Crippen molar-refractivity contribution in [3.63, 3.8) is 0 Å². The van der Waals surface area contributed by atoms with Gasteiger partial charge in [0.25, 0.3) is 5.91 Å². The molecule has 2 aliphatic rings. The van der Waals surface area contributed by atoms with Crippen LogP contribution in [0.3, 0.4) is 0 Å². The molecule has 4 heterocycles. The van der Waals surface area contributed by atoms with E-state index in [1.165, 1.54) is 5.56 Å². The molecular formula is C22H29F6N7O5. The Kier molecular flexibility index (Phi) is 10.7. The molecule has 0 saturated carbocycles. The number of carbonyl (C=O) groups is 3. The number of carboxylic acid groups (broad SMARTS) is 2. The van der Waals surface area contributed by atoms with Crippen LogP contribution < -0.4 is 0 Å². The number of amides is 1. The van der Waals surface area contributed by atoms with Gasteiger partial charge in [-0.05, 0) is 13.5 Å². The Morgan fingerprint density at radius 3 is 1.88 bits per heavy atom. The van der Waals surface area contributed by atoms with E-state index in [9.17, 15) is 31.1 Å². The third-order valence-corrected chi connectivity index (χ3v) is 5.97. The standard InChI is InChI=1S/C18H27N7O.2C2HF3O2/c1-21-6-8-25(9-7-21)18(26)17-15-4-5-24(13-16(15)23(3)20-17)12-14-10-19-22(2)11-14;2*3-2(4,5)1(6)7/h10-11H,4-9,12-13H2,1-3H3;2*(H,6,7). The summed E-state index contributed by atoms with van der Waals surface area (Å²) in [4.78, 5) is 37.4. The highest BCUT2D eigenvalue weighted by atomic mass is 19.4. The van der Waals surface area contributed by atoms with E-state index in [0.717, 1.165) is 63.5 Å². The van der Waals surface area contributed by atoms with Gasteiger partial charge in [-0.3, -0.25) is 19.1 Å². The molecule has 0 aliphatic carbocycles. The Morgan fingerprint density at radius 1 is 0.900 bits per heavy atom. The summed E-state index contributed by atoms with van der Waals surface area (Å²) in [6, 6.07) is 0. The maximum Gasteiger partial charge on any atom is 0.490 e. The molecule has 0 spiro atoms. The quantitative estimate of drug-likeness (QED) is 0.512. The average molecular weight is 586 g/mol. The van der Waals surface area contributed by atoms with Crippen molar-refractivity contribution in [1.82, 2.24) is 34.3 Å². The fourth-order valence-corrected chi connectivity index (χ4v) is 3.90. The van der Waals surface area contributed by atoms with Gasteiger partial charge in [0.1, 0.15) is 0 Å². The van der Waals surface area contributed by atoms with Crippen LogP contribution in [0.15, 0.2) is 12.4 Å². The minimum Gasteiger partial charge on any atom is -0.475 e. The van der Waals surface area contributed by atoms with Gasteiger partial charge < -0.3 is 20.0 Å². The van der Waals surface area contributed by atoms with Gasteiger partial charge in [0.05, 0.1) is 11.9 Å². The molecule has 1 saturated heterocycles. The molecule has 18 heteroatoms. The third kappa shape index (κ3) is 9.22. The molecule has 0 bridgehead atoms. The molecule has 40 heavy (non-hydrogen) atoms. The number of aliphatic carboxylic acids is 2. The van der Waals surface area contributed by atoms with Gasteiger partial charge in [0, 0.05) is 77.2 Å². The zero-order valence-electron chi connectivity index (χ0n) is 21.8. The first-order valence-electron chi connectivity index (χ1n) is 11.7. The number of nitrogens with zero attached hydrogens (tertiary/aromatic N) is 7. The number of carboxylic acids is 2. The van der Waals surface area contributed by atoms with Crippen LogP contribution in [0, 0.1) is 0 Å². The van der Waals surface area contributed by atoms with Crippen molar-refractivity contribution >= 4 is 17.8 Å². The second-order valence-corrected chi connectivity index (χ2v) is 9.08. The first-order chi connectivity index (χ1) is 18.4. The Bertz CT molecular complexity index is 1160. The second kappa shape index (κ2) is 13.1. The molecule has 0 unspecified atom stereocenters. The molecule has 0 radical (unpaired) electrons. The maximum atomic E-state index is 13.0. The van der Waals surface area contributed by atoms with E-state index >= 15 is 0 Å². The van der Waals surface area contributed by atoms with Crippen LogP contribution in [0.5, 0.6) is 0 Å². The molecule has 224 valence electrons. The van der Waals surface area contributed by atoms with Crippen molar-refractivity contribution in [2.75, 3.05) is 39.8 Å². The van der Waals surface area contributed by atoms with Gasteiger partial charge in [-0.2, -0.15) is 36.5 Å². The Labute approximate surface area is 224 Å². The van der Waals surface area contributed by atoms with E-state index in [1.807, 2.05) is 34.6 Å². The van der Waals surface area contributed by atoms with Crippen molar-refractivity contribution in [2.45, 2.75) is 31.9 Å². The Balaban J connectivity index is 0.000000333. The number of alkyl halides is 6. The lowest BCUT2D eigenvalue weighted by Gasteiger charge is -2.32. The fraction of sp³-hybridized carbons (Fsp3) is 0.591. The first-order valence-corrected chi connectivity index (χ1v) is 11.7. The van der Waals surface area contributed by atoms with Gasteiger partial charge in [-0.1, -0.05) is 0 Å². The van der Waals surface area contributed by atoms with Crippen LogP contribution >= 0.6 is 0 Å². The minimum absolute atomic E-state index is 0.0932. The molecule has 2 N–H and O–H groups in total. The summed E-state index contributed by atoms with van der Waals surface area (Å²) in [6.07, 6.45) is -5.32. The number of rotatable bonds is 3. The average Bonchev–Trinajstić information content (AvgIpc) is 3.41. The molecule has 12 nitrogen and oxygen atoms in total. The number of aryl methyl sites for hydroxylation is 2. The van der Waals surface area contributed by atoms with Crippen LogP contribution in [0.25, 0.3) is 0 Å². The second-order valence-electron chi connectivity index (χ2n) is 9.08. The number of hydrogen-bond acceptors (Lipinski definition) is 7. The van der Waals surface area contributed by atoms with Crippen LogP contribution in [0.4, 0.5) is 26.3 Å². The maximum absolute atomic E-state index is 13.0. The van der Waals surface area contributed by atoms with E-state index in [2.05, 4.69) is 33.2 Å². The largest absolute Gasteiger partial charge is 0.490 e. The van der Waals surface area contributed by atoms with Gasteiger partial charge >= 0.3 is 24.3 Å². The summed E-state index contributed by atoms with van der Waals surface area (Å²) in [5, 5.41) is 23.1. The zero-order chi connectivity index (χ0) is 30.4. The lowest BCUT2D eigenvalue weighted by atomic mass is 10.0. The number of hydrogen-bond donors (Lipinski definition) is 2. The van der Waals surface area contributed by atoms with Gasteiger partial charge in [-0.15, -0.1) is 0 Å². The fourth-order valence-electron chi connectivity index (χ4n) is 3.90. The summed E-state index contributed by atoms with van der Waals surface area (Å²) in [7, 11) is 5.99. The number of likely N-dealkylation sites (N-methyl/N-ethyl adjacent to an activating group) is 1. The SMILES string of the molecule is CN1CCN(C(=O)c2nn(C)c3c2CCN(Cc2cnn(C)c2)C3)CC1.O=C(O)C(F)(F)F.O=C(O)C(F)(F)F. The summed E-state index contributed by atoms with van der Waals surface area (Å²) in [5.74, 6) is -5.42. The van der Waals surface area contributed by atoms with E-state index in [0.29, 0.717) is 5.69 Å². The van der Waals surface area contributed by atoms with Crippen LogP contribution in [-0.2, 0) is 43.2 Å². The van der Waals surface area contributed by atoms with Crippen molar-refractivity contribution in [1.29, 1.82) is 0 Å². The topological polar surface area (TPSA) is 137 Å². The minimum atomic E-state index is -5.08. The van der Waals surface area contributed by atoms with E-state index in [4.69, 9.17) is 19.8 Å². The number of aromatic nitrogens is 4. The molecule has 2 aromatic rings. The molecule has 2 aromatic heterocycles. The van der Waals surface area contributed by atoms with Gasteiger partial charge in [0.2, 0.25) is 0 Å². The van der Waals surface area contributed by atoms with Crippen LogP contribution in [0.2, 0.25) is 0 Å². The summed E-state index contributed by atoms with van der Waals surface area (Å²) in [5.41, 5.74) is 4.18. The number of halogens is 6. The van der Waals surface area contributed by atoms with E-state index < -0.39 is 24.3 Å². The molecule has 0 aromatic carbocycles. The first kappa shape index (κ1) is 32.5. The van der Waals surface area contributed by atoms with E-state index in [-0.39, 0.29) is 5.91 Å². The highest BCUT2D eigenvalue weighted by molar-refractivity contribution is 5.94. The highest BCUT2D eigenvalue weighted by Crippen LogP contribution is 2.24. The zero-order valence-corrected chi connectivity index (χ0v) is 21.8. The third-order valence-electron chi connectivity index (χ3n) is 5.97. The number of piperazine rings is 1. The van der Waals surface area contributed by atoms with Crippen molar-refractivity contribution in [2.24, 2.45) is 14.1 Å². The predicted molar refractivity (Wildman–Crippen MR) is 125 cm³/mol. The number of fused-ring (bicyclic) bond motifs is 1. The van der Waals surface area contributed by atoms with Crippen molar-refractivity contribution in [3.8, 4) is 0 Å². The Morgan fingerprint density at radius 2 is 1.43 bits per heavy atom.